The van der Waals surface area contributed by atoms with Gasteiger partial charge in [-0.05, 0) is 85.8 Å². The van der Waals surface area contributed by atoms with E-state index in [1.54, 1.807) is 98.8 Å². The fourth-order valence-corrected chi connectivity index (χ4v) is 14.5. The number of esters is 2. The van der Waals surface area contributed by atoms with Crippen LogP contribution in [0.1, 0.15) is 112 Å². The highest BCUT2D eigenvalue weighted by molar-refractivity contribution is 6.00. The van der Waals surface area contributed by atoms with Gasteiger partial charge < -0.3 is 96.8 Å². The molecule has 104 heavy (non-hydrogen) atoms. The van der Waals surface area contributed by atoms with E-state index in [4.69, 9.17) is 18.9 Å². The number of β-amino-alcohol motifs (C(OH)–C–C–N with tert-alkyl or cyclic N) is 1. The first-order chi connectivity index (χ1) is 49.0. The van der Waals surface area contributed by atoms with Crippen LogP contribution in [0, 0.1) is 23.7 Å². The fraction of sp³-hybridized carbons (Fsp3) is 0.652. The maximum absolute atomic E-state index is 15.4. The lowest BCUT2D eigenvalue weighted by Crippen LogP contribution is -2.67. The number of nitrogens with one attached hydrogen (secondary N) is 10. The molecule has 15 N–H and O–H groups in total. The van der Waals surface area contributed by atoms with Crippen LogP contribution in [0.3, 0.4) is 0 Å². The van der Waals surface area contributed by atoms with E-state index in [2.05, 4.69) is 53.4 Å². The highest BCUT2D eigenvalue weighted by Crippen LogP contribution is 2.51. The normalized spacial score (nSPS) is 32.3. The second kappa shape index (κ2) is 32.4. The Morgan fingerprint density at radius 1 is 0.548 bits per heavy atom. The lowest BCUT2D eigenvalue weighted by Gasteiger charge is -2.40. The maximum Gasteiger partial charge on any atom is 0.329 e. The number of cyclic esters (lactones) is 2. The van der Waals surface area contributed by atoms with Crippen molar-refractivity contribution in [3.05, 3.63) is 47.5 Å². The highest BCUT2D eigenvalue weighted by Gasteiger charge is 2.62. The number of rotatable bonds is 13. The summed E-state index contributed by atoms with van der Waals surface area (Å²) in [6.07, 6.45) is -10.2. The number of nitrogens with zero attached hydrogens (tertiary/aromatic N) is 4. The van der Waals surface area contributed by atoms with Crippen molar-refractivity contribution in [2.45, 2.75) is 210 Å². The Kier molecular flexibility index (Phi) is 24.7. The van der Waals surface area contributed by atoms with Crippen LogP contribution in [-0.4, -0.2) is 268 Å². The number of carbonyl (C=O) groups excluding carboxylic acids is 12. The molecule has 6 saturated heterocycles. The van der Waals surface area contributed by atoms with E-state index in [1.807, 2.05) is 0 Å². The summed E-state index contributed by atoms with van der Waals surface area (Å²) in [4.78, 5) is 178. The van der Waals surface area contributed by atoms with Gasteiger partial charge in [0.25, 0.3) is 11.8 Å². The lowest BCUT2D eigenvalue weighted by atomic mass is 9.85. The standard InChI is InChI=1S/C69H100N14O21/c1-30(2)49-65(97)104-54(33(7)8)64(96)83-46(23-38(86)26-72-83)58(90)74-44(28-102-13)55(87)78-51(34(9)84)61(93)80-29-68(99,24-47(80)59(91)76-49)39-21-36(16-18-41(39)70-11)37-17-19-42-40(22-37)69(100)25-48-60(92)77-50(31(3)4)66(98)103-53(32(5)6)63(95)82-45(15-14-20-71-82)57(89)73-43(27-101-12)56(88)79-52(35(10)85)62(94)81(48)67(69)75-42/h16-19,21-22,30-35,38,43-54,67,70-72,75,84-86,99-100H,14-15,20,23-29H2,1-13H3,(H,73,89)(H,74,90)(H,76,91)(H,77,92)(H,78,87)(H,79,88)/t34-,35-,38+,43-,44-,45+,46+,47-,48-,49+,50+,51+,52+,53-,54-,67-,68-,69+/m0/s1. The number of benzene rings is 2. The third-order valence-corrected chi connectivity index (χ3v) is 20.2. The number of hydrazine groups is 2. The molecular weight excluding hydrogens is 1360 g/mol. The van der Waals surface area contributed by atoms with Crippen molar-refractivity contribution in [3.63, 3.8) is 0 Å². The molecular formula is C69H100N14O21. The van der Waals surface area contributed by atoms with Crippen LogP contribution < -0.4 is 53.4 Å². The van der Waals surface area contributed by atoms with Crippen molar-refractivity contribution in [1.82, 2.24) is 62.6 Å². The number of hydrogen-bond acceptors (Lipinski definition) is 25. The Bertz CT molecular complexity index is 3630. The Balaban J connectivity index is 1.09. The molecule has 572 valence electrons. The molecule has 0 spiro atoms. The molecule has 2 aromatic carbocycles. The number of ether oxygens (including phenoxy) is 4. The minimum Gasteiger partial charge on any atom is -0.450 e. The summed E-state index contributed by atoms with van der Waals surface area (Å²) < 4.78 is 22.5. The zero-order chi connectivity index (χ0) is 76.5. The summed E-state index contributed by atoms with van der Waals surface area (Å²) in [5.41, 5.74) is 2.60. The number of aliphatic hydroxyl groups is 5. The van der Waals surface area contributed by atoms with Gasteiger partial charge in [-0.1, -0.05) is 67.5 Å². The smallest absolute Gasteiger partial charge is 0.329 e. The van der Waals surface area contributed by atoms with E-state index >= 15 is 19.2 Å². The predicted molar refractivity (Wildman–Crippen MR) is 367 cm³/mol. The van der Waals surface area contributed by atoms with Gasteiger partial charge in [0.2, 0.25) is 47.3 Å². The van der Waals surface area contributed by atoms with E-state index in [-0.39, 0.29) is 48.4 Å². The van der Waals surface area contributed by atoms with Crippen LogP contribution in [0.15, 0.2) is 36.4 Å². The summed E-state index contributed by atoms with van der Waals surface area (Å²) in [6.45, 7) is 13.5. The Labute approximate surface area is 601 Å². The molecule has 10 amide bonds. The van der Waals surface area contributed by atoms with E-state index in [0.29, 0.717) is 17.5 Å². The quantitative estimate of drug-likeness (QED) is 0.0853. The van der Waals surface area contributed by atoms with E-state index in [1.165, 1.54) is 28.1 Å². The van der Waals surface area contributed by atoms with Gasteiger partial charge in [0.05, 0.1) is 38.1 Å². The van der Waals surface area contributed by atoms with Crippen molar-refractivity contribution >= 4 is 82.4 Å². The number of hydrogen-bond donors (Lipinski definition) is 15. The largest absolute Gasteiger partial charge is 0.450 e. The van der Waals surface area contributed by atoms with Crippen molar-refractivity contribution in [3.8, 4) is 11.1 Å². The zero-order valence-electron chi connectivity index (χ0n) is 60.6. The monoisotopic (exact) mass is 1460 g/mol. The van der Waals surface area contributed by atoms with Gasteiger partial charge in [-0.2, -0.15) is 0 Å². The number of anilines is 2. The summed E-state index contributed by atoms with van der Waals surface area (Å²) >= 11 is 0. The van der Waals surface area contributed by atoms with Gasteiger partial charge in [0.15, 0.2) is 12.2 Å². The average Bonchev–Trinajstić information content (AvgIpc) is 1.55. The second-order valence-electron chi connectivity index (χ2n) is 29.3. The number of carbonyl (C=O) groups is 12. The predicted octanol–water partition coefficient (Wildman–Crippen LogP) is -3.88. The minimum absolute atomic E-state index is 0.0809. The highest BCUT2D eigenvalue weighted by atomic mass is 16.6. The van der Waals surface area contributed by atoms with Gasteiger partial charge in [-0.3, -0.25) is 58.0 Å². The molecule has 0 aromatic heterocycles. The van der Waals surface area contributed by atoms with Crippen molar-refractivity contribution in [1.29, 1.82) is 0 Å². The maximum atomic E-state index is 15.4. The van der Waals surface area contributed by atoms with Gasteiger partial charge in [-0.25, -0.2) is 20.4 Å². The van der Waals surface area contributed by atoms with Crippen LogP contribution in [-0.2, 0) is 87.7 Å². The number of methoxy groups -OCH3 is 2. The molecule has 0 radical (unpaired) electrons. The molecule has 7 heterocycles. The summed E-state index contributed by atoms with van der Waals surface area (Å²) in [7, 11) is 4.02. The molecule has 0 aliphatic carbocycles. The molecule has 6 fully saturated rings. The molecule has 0 unspecified atom stereocenters. The molecule has 35 heteroatoms. The van der Waals surface area contributed by atoms with Gasteiger partial charge >= 0.3 is 11.9 Å². The topological polar surface area (TPSA) is 476 Å². The van der Waals surface area contributed by atoms with Gasteiger partial charge in [0, 0.05) is 76.1 Å². The Hall–Kier alpha value is -8.68. The molecule has 35 nitrogen and oxygen atoms in total. The summed E-state index contributed by atoms with van der Waals surface area (Å²) in [5, 5.41) is 83.9. The first-order valence-electron chi connectivity index (χ1n) is 35.2. The fourth-order valence-electron chi connectivity index (χ4n) is 14.5. The van der Waals surface area contributed by atoms with E-state index in [0.717, 1.165) is 19.8 Å². The summed E-state index contributed by atoms with van der Waals surface area (Å²) in [6, 6.07) is -6.50. The third kappa shape index (κ3) is 16.1. The van der Waals surface area contributed by atoms with Crippen molar-refractivity contribution in [2.24, 2.45) is 23.7 Å². The van der Waals surface area contributed by atoms with Crippen LogP contribution in [0.25, 0.3) is 11.1 Å². The average molecular weight is 1460 g/mol. The number of amides is 10. The van der Waals surface area contributed by atoms with Crippen LogP contribution >= 0.6 is 0 Å². The van der Waals surface area contributed by atoms with Crippen LogP contribution in [0.2, 0.25) is 0 Å². The Morgan fingerprint density at radius 2 is 1.03 bits per heavy atom. The van der Waals surface area contributed by atoms with Crippen molar-refractivity contribution in [2.75, 3.05) is 64.7 Å². The molecule has 0 bridgehead atoms. The number of fused-ring (bicyclic) bond motifs is 8. The summed E-state index contributed by atoms with van der Waals surface area (Å²) in [5.74, 6) is -14.7. The first-order valence-corrected chi connectivity index (χ1v) is 35.2. The third-order valence-electron chi connectivity index (χ3n) is 20.2. The molecule has 18 atom stereocenters. The Morgan fingerprint density at radius 3 is 1.54 bits per heavy atom. The van der Waals surface area contributed by atoms with E-state index < -0.39 is 236 Å². The number of aliphatic hydroxyl groups excluding tert-OH is 3. The molecule has 7 aliphatic heterocycles. The van der Waals surface area contributed by atoms with Crippen molar-refractivity contribution < 1.29 is 102 Å². The first kappa shape index (κ1) is 79.4. The van der Waals surface area contributed by atoms with E-state index in [9.17, 15) is 63.9 Å². The molecule has 0 saturated carbocycles. The zero-order valence-corrected chi connectivity index (χ0v) is 60.6. The minimum atomic E-state index is -2.23. The SMILES string of the molecule is CNc1ccc(-c2ccc3c(c2)[C@]2(O)C[C@H]4C(=O)N[C@H](C(C)C)C(=O)O[C@@H](C(C)C)C(=O)N5NCCC[C@@H]5C(=O)N[C@@H](COC)C(=O)N[C@H]([C@H](C)O)C(=O)N4[C@@H]2N3)cc1[C@]1(O)C[C@H]2C(=O)N[C@H](C(C)C)C(=O)O[C@@H](C(C)C)C(=O)N3NC[C@H](O)C[C@@H]3C(=O)N[C@@H](COC)C(=O)N[C@H]([C@H](C)O)C(=O)N2C1. The molecule has 7 aliphatic rings. The second-order valence-corrected chi connectivity index (χ2v) is 29.3. The molecule has 9 rings (SSSR count). The lowest BCUT2D eigenvalue weighted by molar-refractivity contribution is -0.172. The van der Waals surface area contributed by atoms with Gasteiger partial charge in [-0.15, -0.1) is 0 Å². The van der Waals surface area contributed by atoms with Crippen LogP contribution in [0.4, 0.5) is 11.4 Å². The van der Waals surface area contributed by atoms with Gasteiger partial charge in [0.1, 0.15) is 77.8 Å². The molecule has 2 aromatic rings. The van der Waals surface area contributed by atoms with Crippen LogP contribution in [0.5, 0.6) is 0 Å².